The topological polar surface area (TPSA) is 67.2 Å². The molecule has 6 heteroatoms. The zero-order valence-electron chi connectivity index (χ0n) is 15.2. The number of piperidine rings is 1. The van der Waals surface area contributed by atoms with Crippen LogP contribution in [0.2, 0.25) is 0 Å². The van der Waals surface area contributed by atoms with Crippen molar-refractivity contribution in [2.75, 3.05) is 19.6 Å². The van der Waals surface area contributed by atoms with Gasteiger partial charge in [0.1, 0.15) is 0 Å². The summed E-state index contributed by atoms with van der Waals surface area (Å²) in [4.78, 5) is 31.1. The van der Waals surface area contributed by atoms with E-state index in [1.54, 1.807) is 23.0 Å². The lowest BCUT2D eigenvalue weighted by Crippen LogP contribution is -2.40. The highest BCUT2D eigenvalue weighted by molar-refractivity contribution is 5.94. The second-order valence-electron chi connectivity index (χ2n) is 6.65. The van der Waals surface area contributed by atoms with Crippen molar-refractivity contribution >= 4 is 5.91 Å². The van der Waals surface area contributed by atoms with Crippen LogP contribution in [0.5, 0.6) is 0 Å². The summed E-state index contributed by atoms with van der Waals surface area (Å²) in [5.74, 6) is -0.212. The molecule has 2 aromatic heterocycles. The standard InChI is InChI=1S/C20H26N4O2/c1-2-23-12-8-16(13-19(23)25)20(26)22-15-18(17-7-6-9-21-14-17)24-10-4-3-5-11-24/h6-9,12-14,18H,2-5,10-11,15H2,1H3,(H,22,26)/t18-/m1/s1. The molecule has 1 atom stereocenters. The number of pyridine rings is 2. The molecule has 6 nitrogen and oxygen atoms in total. The summed E-state index contributed by atoms with van der Waals surface area (Å²) in [6, 6.07) is 7.18. The average molecular weight is 354 g/mol. The fraction of sp³-hybridized carbons (Fsp3) is 0.450. The summed E-state index contributed by atoms with van der Waals surface area (Å²) in [7, 11) is 0. The SMILES string of the molecule is CCn1ccc(C(=O)NC[C@H](c2cccnc2)N2CCCCC2)cc1=O. The van der Waals surface area contributed by atoms with Crippen molar-refractivity contribution < 1.29 is 4.79 Å². The highest BCUT2D eigenvalue weighted by Crippen LogP contribution is 2.23. The molecule has 1 fully saturated rings. The lowest BCUT2D eigenvalue weighted by Gasteiger charge is -2.34. The van der Waals surface area contributed by atoms with Crippen molar-refractivity contribution in [3.05, 3.63) is 64.3 Å². The first-order valence-corrected chi connectivity index (χ1v) is 9.31. The van der Waals surface area contributed by atoms with Crippen LogP contribution in [0.1, 0.15) is 48.1 Å². The molecule has 1 N–H and O–H groups in total. The third-order valence-electron chi connectivity index (χ3n) is 4.96. The average Bonchev–Trinajstić information content (AvgIpc) is 2.69. The van der Waals surface area contributed by atoms with Crippen LogP contribution >= 0.6 is 0 Å². The molecule has 3 rings (SSSR count). The van der Waals surface area contributed by atoms with Gasteiger partial charge in [0.15, 0.2) is 0 Å². The largest absolute Gasteiger partial charge is 0.350 e. The Morgan fingerprint density at radius 2 is 2.08 bits per heavy atom. The van der Waals surface area contributed by atoms with Gasteiger partial charge in [-0.25, -0.2) is 0 Å². The van der Waals surface area contributed by atoms with Crippen molar-refractivity contribution in [1.82, 2.24) is 19.8 Å². The predicted molar refractivity (Wildman–Crippen MR) is 101 cm³/mol. The van der Waals surface area contributed by atoms with Crippen LogP contribution in [0.4, 0.5) is 0 Å². The third-order valence-corrected chi connectivity index (χ3v) is 4.96. The van der Waals surface area contributed by atoms with E-state index in [0.717, 1.165) is 18.7 Å². The Bertz CT molecular complexity index is 782. The van der Waals surface area contributed by atoms with Crippen LogP contribution in [-0.2, 0) is 6.54 Å². The van der Waals surface area contributed by atoms with E-state index in [9.17, 15) is 9.59 Å². The molecule has 1 aliphatic rings. The number of rotatable bonds is 6. The van der Waals surface area contributed by atoms with Gasteiger partial charge in [0.2, 0.25) is 0 Å². The van der Waals surface area contributed by atoms with Crippen LogP contribution in [0, 0.1) is 0 Å². The maximum absolute atomic E-state index is 12.5. The molecule has 0 aromatic carbocycles. The van der Waals surface area contributed by atoms with Gasteiger partial charge in [-0.15, -0.1) is 0 Å². The van der Waals surface area contributed by atoms with Gasteiger partial charge in [0, 0.05) is 43.3 Å². The zero-order valence-corrected chi connectivity index (χ0v) is 15.2. The Morgan fingerprint density at radius 1 is 1.27 bits per heavy atom. The minimum absolute atomic E-state index is 0.101. The Kier molecular flexibility index (Phi) is 6.17. The van der Waals surface area contributed by atoms with Crippen LogP contribution in [-0.4, -0.2) is 40.0 Å². The van der Waals surface area contributed by atoms with Crippen molar-refractivity contribution in [3.8, 4) is 0 Å². The second kappa shape index (κ2) is 8.76. The van der Waals surface area contributed by atoms with Crippen LogP contribution in [0.3, 0.4) is 0 Å². The van der Waals surface area contributed by atoms with E-state index in [4.69, 9.17) is 0 Å². The normalized spacial score (nSPS) is 16.2. The molecule has 1 amide bonds. The molecular weight excluding hydrogens is 328 g/mol. The molecule has 0 unspecified atom stereocenters. The first-order chi connectivity index (χ1) is 12.7. The number of likely N-dealkylation sites (tertiary alicyclic amines) is 1. The van der Waals surface area contributed by atoms with Gasteiger partial charge in [0.05, 0.1) is 6.04 Å². The third kappa shape index (κ3) is 4.38. The van der Waals surface area contributed by atoms with E-state index in [2.05, 4.69) is 21.3 Å². The smallest absolute Gasteiger partial charge is 0.251 e. The highest BCUT2D eigenvalue weighted by Gasteiger charge is 2.23. The molecule has 1 saturated heterocycles. The van der Waals surface area contributed by atoms with E-state index in [1.165, 1.54) is 25.3 Å². The minimum atomic E-state index is -0.212. The van der Waals surface area contributed by atoms with Gasteiger partial charge >= 0.3 is 0 Å². The lowest BCUT2D eigenvalue weighted by molar-refractivity contribution is 0.0924. The Hall–Kier alpha value is -2.47. The summed E-state index contributed by atoms with van der Waals surface area (Å²) in [6.45, 7) is 5.06. The van der Waals surface area contributed by atoms with Gasteiger partial charge in [-0.2, -0.15) is 0 Å². The summed E-state index contributed by atoms with van der Waals surface area (Å²) in [5.41, 5.74) is 1.36. The molecule has 0 bridgehead atoms. The van der Waals surface area contributed by atoms with Crippen molar-refractivity contribution in [2.24, 2.45) is 0 Å². The second-order valence-corrected chi connectivity index (χ2v) is 6.65. The summed E-state index contributed by atoms with van der Waals surface area (Å²) in [6.07, 6.45) is 8.92. The number of carbonyl (C=O) groups excluding carboxylic acids is 1. The summed E-state index contributed by atoms with van der Waals surface area (Å²) >= 11 is 0. The summed E-state index contributed by atoms with van der Waals surface area (Å²) < 4.78 is 1.57. The quantitative estimate of drug-likeness (QED) is 0.864. The number of aryl methyl sites for hydroxylation is 1. The van der Waals surface area contributed by atoms with Crippen molar-refractivity contribution in [2.45, 2.75) is 38.8 Å². The van der Waals surface area contributed by atoms with Gasteiger partial charge in [-0.1, -0.05) is 12.5 Å². The van der Waals surface area contributed by atoms with E-state index in [1.807, 2.05) is 19.2 Å². The Labute approximate surface area is 153 Å². The van der Waals surface area contributed by atoms with Gasteiger partial charge < -0.3 is 9.88 Å². The fourth-order valence-corrected chi connectivity index (χ4v) is 3.46. The number of nitrogens with zero attached hydrogens (tertiary/aromatic N) is 3. The van der Waals surface area contributed by atoms with E-state index in [0.29, 0.717) is 18.7 Å². The molecule has 0 saturated carbocycles. The molecule has 3 heterocycles. The first-order valence-electron chi connectivity index (χ1n) is 9.31. The Morgan fingerprint density at radius 3 is 2.73 bits per heavy atom. The molecule has 26 heavy (non-hydrogen) atoms. The van der Waals surface area contributed by atoms with E-state index >= 15 is 0 Å². The zero-order chi connectivity index (χ0) is 18.4. The highest BCUT2D eigenvalue weighted by atomic mass is 16.2. The molecule has 0 spiro atoms. The molecule has 138 valence electrons. The number of hydrogen-bond donors (Lipinski definition) is 1. The number of aromatic nitrogens is 2. The molecule has 1 aliphatic heterocycles. The van der Waals surface area contributed by atoms with Gasteiger partial charge in [-0.3, -0.25) is 19.5 Å². The minimum Gasteiger partial charge on any atom is -0.350 e. The maximum Gasteiger partial charge on any atom is 0.251 e. The van der Waals surface area contributed by atoms with Crippen LogP contribution < -0.4 is 10.9 Å². The number of amides is 1. The van der Waals surface area contributed by atoms with Crippen LogP contribution in [0.15, 0.2) is 47.7 Å². The number of hydrogen-bond acceptors (Lipinski definition) is 4. The molecule has 0 radical (unpaired) electrons. The van der Waals surface area contributed by atoms with E-state index < -0.39 is 0 Å². The van der Waals surface area contributed by atoms with Crippen LogP contribution in [0.25, 0.3) is 0 Å². The number of nitrogens with one attached hydrogen (secondary N) is 1. The first kappa shape index (κ1) is 18.3. The van der Waals surface area contributed by atoms with Gasteiger partial charge in [0.25, 0.3) is 11.5 Å². The monoisotopic (exact) mass is 354 g/mol. The number of carbonyl (C=O) groups is 1. The van der Waals surface area contributed by atoms with E-state index in [-0.39, 0.29) is 17.5 Å². The predicted octanol–water partition coefficient (Wildman–Crippen LogP) is 2.22. The molecule has 0 aliphatic carbocycles. The lowest BCUT2D eigenvalue weighted by atomic mass is 10.0. The Balaban J connectivity index is 1.71. The van der Waals surface area contributed by atoms with Gasteiger partial charge in [-0.05, 0) is 50.6 Å². The van der Waals surface area contributed by atoms with Crippen molar-refractivity contribution in [3.63, 3.8) is 0 Å². The maximum atomic E-state index is 12.5. The fourth-order valence-electron chi connectivity index (χ4n) is 3.46. The summed E-state index contributed by atoms with van der Waals surface area (Å²) in [5, 5.41) is 3.00. The molecule has 2 aromatic rings. The molecular formula is C20H26N4O2. The van der Waals surface area contributed by atoms with Crippen molar-refractivity contribution in [1.29, 1.82) is 0 Å².